The Morgan fingerprint density at radius 1 is 0.367 bits per heavy atom. The quantitative estimate of drug-likeness (QED) is 0.183. The first-order chi connectivity index (χ1) is 24.3. The number of hydrogen-bond donors (Lipinski definition) is 0. The van der Waals surface area contributed by atoms with Gasteiger partial charge in [-0.25, -0.2) is 9.97 Å². The molecule has 3 aromatic heterocycles. The Hall–Kier alpha value is -6.58. The van der Waals surface area contributed by atoms with Crippen molar-refractivity contribution in [3.05, 3.63) is 170 Å². The lowest BCUT2D eigenvalue weighted by molar-refractivity contribution is 0.669. The molecule has 0 amide bonds. The molecule has 228 valence electrons. The minimum atomic E-state index is 0.861. The van der Waals surface area contributed by atoms with Gasteiger partial charge in [0.15, 0.2) is 0 Å². The van der Waals surface area contributed by atoms with Gasteiger partial charge in [0.05, 0.1) is 22.4 Å². The average Bonchev–Trinajstić information content (AvgIpc) is 3.55. The van der Waals surface area contributed by atoms with Crippen LogP contribution in [0.1, 0.15) is 0 Å². The first kappa shape index (κ1) is 27.5. The van der Waals surface area contributed by atoms with Crippen LogP contribution in [-0.4, -0.2) is 9.97 Å². The largest absolute Gasteiger partial charge is 0.456 e. The third-order valence-corrected chi connectivity index (χ3v) is 9.64. The van der Waals surface area contributed by atoms with Gasteiger partial charge in [-0.1, -0.05) is 133 Å². The molecule has 0 aliphatic heterocycles. The summed E-state index contributed by atoms with van der Waals surface area (Å²) in [4.78, 5) is 10.2. The second kappa shape index (κ2) is 11.0. The molecular formula is C46H28N2O. The second-order valence-corrected chi connectivity index (χ2v) is 12.5. The van der Waals surface area contributed by atoms with Crippen LogP contribution in [0.25, 0.3) is 99.3 Å². The van der Waals surface area contributed by atoms with E-state index in [2.05, 4.69) is 152 Å². The van der Waals surface area contributed by atoms with E-state index < -0.39 is 0 Å². The van der Waals surface area contributed by atoms with Crippen molar-refractivity contribution >= 4 is 54.5 Å². The van der Waals surface area contributed by atoms with Gasteiger partial charge in [-0.3, -0.25) is 0 Å². The van der Waals surface area contributed by atoms with Crippen molar-refractivity contribution < 1.29 is 4.42 Å². The Morgan fingerprint density at radius 2 is 1.06 bits per heavy atom. The van der Waals surface area contributed by atoms with Gasteiger partial charge in [-0.15, -0.1) is 0 Å². The Labute approximate surface area is 282 Å². The number of nitrogens with zero attached hydrogens (tertiary/aromatic N) is 2. The van der Waals surface area contributed by atoms with Crippen molar-refractivity contribution in [1.29, 1.82) is 0 Å². The zero-order chi connectivity index (χ0) is 32.3. The highest BCUT2D eigenvalue weighted by atomic mass is 16.3. The van der Waals surface area contributed by atoms with Gasteiger partial charge >= 0.3 is 0 Å². The summed E-state index contributed by atoms with van der Waals surface area (Å²) in [6.45, 7) is 0. The highest BCUT2D eigenvalue weighted by Gasteiger charge is 2.21. The lowest BCUT2D eigenvalue weighted by Crippen LogP contribution is -1.93. The summed E-state index contributed by atoms with van der Waals surface area (Å²) in [5.41, 5.74) is 12.4. The lowest BCUT2D eigenvalue weighted by Gasteiger charge is -2.16. The van der Waals surface area contributed by atoms with Gasteiger partial charge in [0.1, 0.15) is 11.2 Å². The number of benzene rings is 7. The van der Waals surface area contributed by atoms with Crippen LogP contribution in [0, 0.1) is 0 Å². The van der Waals surface area contributed by atoms with Gasteiger partial charge in [0.25, 0.3) is 0 Å². The highest BCUT2D eigenvalue weighted by Crippen LogP contribution is 2.46. The maximum Gasteiger partial charge on any atom is 0.136 e. The van der Waals surface area contributed by atoms with Gasteiger partial charge in [0.2, 0.25) is 0 Å². The molecule has 0 saturated heterocycles. The summed E-state index contributed by atoms with van der Waals surface area (Å²) in [5, 5.41) is 6.77. The van der Waals surface area contributed by atoms with Crippen LogP contribution in [0.15, 0.2) is 174 Å². The summed E-state index contributed by atoms with van der Waals surface area (Å²) >= 11 is 0. The number of para-hydroxylation sites is 3. The zero-order valence-electron chi connectivity index (χ0n) is 26.5. The number of aromatic nitrogens is 2. The fourth-order valence-corrected chi connectivity index (χ4v) is 7.34. The molecule has 10 aromatic rings. The van der Waals surface area contributed by atoms with Crippen molar-refractivity contribution in [2.45, 2.75) is 0 Å². The number of hydrogen-bond acceptors (Lipinski definition) is 3. The Kier molecular flexibility index (Phi) is 6.18. The molecule has 0 N–H and O–H groups in total. The molecule has 0 fully saturated rings. The van der Waals surface area contributed by atoms with Crippen LogP contribution in [0.3, 0.4) is 0 Å². The van der Waals surface area contributed by atoms with Gasteiger partial charge in [-0.2, -0.15) is 0 Å². The summed E-state index contributed by atoms with van der Waals surface area (Å²) < 4.78 is 6.56. The van der Waals surface area contributed by atoms with E-state index in [1.54, 1.807) is 0 Å². The molecule has 0 aliphatic carbocycles. The molecule has 0 saturated carbocycles. The first-order valence-electron chi connectivity index (χ1n) is 16.6. The molecule has 10 rings (SSSR count). The highest BCUT2D eigenvalue weighted by molar-refractivity contribution is 6.27. The van der Waals surface area contributed by atoms with E-state index in [1.165, 1.54) is 10.9 Å². The monoisotopic (exact) mass is 624 g/mol. The van der Waals surface area contributed by atoms with Crippen LogP contribution in [0.4, 0.5) is 0 Å². The molecule has 0 aliphatic rings. The predicted octanol–water partition coefficient (Wildman–Crippen LogP) is 12.5. The fourth-order valence-electron chi connectivity index (χ4n) is 7.34. The minimum absolute atomic E-state index is 0.861. The summed E-state index contributed by atoms with van der Waals surface area (Å²) in [7, 11) is 0. The SMILES string of the molecule is c1ccc(-c2c3c(cc4c(-c5cccc(-c6ccc(-c7ccc8ccccc8n7)cc6)c5)nc5ccccc5c24)oc2ccccc23)cc1. The third-order valence-electron chi connectivity index (χ3n) is 9.64. The Morgan fingerprint density at radius 3 is 1.94 bits per heavy atom. The van der Waals surface area contributed by atoms with E-state index in [9.17, 15) is 0 Å². The summed E-state index contributed by atoms with van der Waals surface area (Å²) in [6.07, 6.45) is 0. The minimum Gasteiger partial charge on any atom is -0.456 e. The third kappa shape index (κ3) is 4.51. The molecule has 0 bridgehead atoms. The topological polar surface area (TPSA) is 38.9 Å². The maximum absolute atomic E-state index is 6.56. The first-order valence-corrected chi connectivity index (χ1v) is 16.6. The molecule has 0 spiro atoms. The Balaban J connectivity index is 1.18. The van der Waals surface area contributed by atoms with E-state index in [1.807, 2.05) is 18.2 Å². The maximum atomic E-state index is 6.56. The number of furan rings is 1. The molecular weight excluding hydrogens is 597 g/mol. The predicted molar refractivity (Wildman–Crippen MR) is 204 cm³/mol. The molecule has 0 radical (unpaired) electrons. The molecule has 0 atom stereocenters. The number of pyridine rings is 2. The standard InChI is InChI=1S/C46H28N2O/c1-2-12-32(13-3-1)43-44-35-16-5-8-19-40(35)48-46(37(44)28-42-45(43)36-17-6-9-20-41(36)49-42)34-15-10-14-33(27-34)29-21-23-31(24-22-29)39-26-25-30-11-4-7-18-38(30)47-39/h1-28H. The molecule has 3 heteroatoms. The lowest BCUT2D eigenvalue weighted by atomic mass is 9.89. The molecule has 0 unspecified atom stereocenters. The number of fused-ring (bicyclic) bond motifs is 7. The van der Waals surface area contributed by atoms with E-state index >= 15 is 0 Å². The summed E-state index contributed by atoms with van der Waals surface area (Å²) in [6, 6.07) is 59.6. The van der Waals surface area contributed by atoms with Crippen LogP contribution in [-0.2, 0) is 0 Å². The van der Waals surface area contributed by atoms with Gasteiger partial charge in [0, 0.05) is 49.0 Å². The van der Waals surface area contributed by atoms with Crippen molar-refractivity contribution in [1.82, 2.24) is 9.97 Å². The van der Waals surface area contributed by atoms with Crippen molar-refractivity contribution in [2.75, 3.05) is 0 Å². The van der Waals surface area contributed by atoms with E-state index in [-0.39, 0.29) is 0 Å². The number of rotatable bonds is 4. The smallest absolute Gasteiger partial charge is 0.136 e. The molecule has 7 aromatic carbocycles. The van der Waals surface area contributed by atoms with Crippen molar-refractivity contribution in [2.24, 2.45) is 0 Å². The fraction of sp³-hybridized carbons (Fsp3) is 0. The molecule has 3 nitrogen and oxygen atoms in total. The van der Waals surface area contributed by atoms with Crippen LogP contribution in [0.5, 0.6) is 0 Å². The normalized spacial score (nSPS) is 11.7. The van der Waals surface area contributed by atoms with E-state index in [0.29, 0.717) is 0 Å². The zero-order valence-corrected chi connectivity index (χ0v) is 26.5. The van der Waals surface area contributed by atoms with Crippen molar-refractivity contribution in [3.8, 4) is 44.8 Å². The van der Waals surface area contributed by atoms with Crippen LogP contribution < -0.4 is 0 Å². The summed E-state index contributed by atoms with van der Waals surface area (Å²) in [5.74, 6) is 0. The van der Waals surface area contributed by atoms with Crippen LogP contribution >= 0.6 is 0 Å². The van der Waals surface area contributed by atoms with Gasteiger partial charge < -0.3 is 4.42 Å². The molecule has 49 heavy (non-hydrogen) atoms. The molecule has 3 heterocycles. The van der Waals surface area contributed by atoms with Crippen molar-refractivity contribution in [3.63, 3.8) is 0 Å². The van der Waals surface area contributed by atoms with E-state index in [0.717, 1.165) is 88.3 Å². The van der Waals surface area contributed by atoms with Gasteiger partial charge in [-0.05, 0) is 53.1 Å². The average molecular weight is 625 g/mol. The Bertz CT molecular complexity index is 2870. The second-order valence-electron chi connectivity index (χ2n) is 12.5. The van der Waals surface area contributed by atoms with E-state index in [4.69, 9.17) is 14.4 Å². The van der Waals surface area contributed by atoms with Crippen LogP contribution in [0.2, 0.25) is 0 Å².